The Morgan fingerprint density at radius 2 is 1.76 bits per heavy atom. The highest BCUT2D eigenvalue weighted by atomic mass is 32.2. The number of thioether (sulfide) groups is 1. The third-order valence-electron chi connectivity index (χ3n) is 4.62. The fraction of sp³-hybridized carbons (Fsp3) is 0.429. The molecule has 0 amide bonds. The summed E-state index contributed by atoms with van der Waals surface area (Å²) in [4.78, 5) is 34.5. The third kappa shape index (κ3) is 4.37. The summed E-state index contributed by atoms with van der Waals surface area (Å²) in [6.45, 7) is 6.84. The molecule has 8 heteroatoms. The van der Waals surface area contributed by atoms with Crippen molar-refractivity contribution >= 4 is 22.8 Å². The minimum absolute atomic E-state index is 0.351. The van der Waals surface area contributed by atoms with E-state index >= 15 is 0 Å². The largest absolute Gasteiger partial charge is 0.494 e. The maximum atomic E-state index is 12.8. The summed E-state index contributed by atoms with van der Waals surface area (Å²) >= 11 is 1.53. The van der Waals surface area contributed by atoms with Gasteiger partial charge in [-0.25, -0.2) is 14.8 Å². The number of benzene rings is 1. The van der Waals surface area contributed by atoms with E-state index in [2.05, 4.69) is 18.8 Å². The Labute approximate surface area is 173 Å². The van der Waals surface area contributed by atoms with Gasteiger partial charge in [0.25, 0.3) is 5.56 Å². The van der Waals surface area contributed by atoms with Crippen molar-refractivity contribution in [2.24, 2.45) is 20.0 Å². The van der Waals surface area contributed by atoms with Crippen LogP contribution < -0.4 is 16.0 Å². The molecule has 0 radical (unpaired) electrons. The molecule has 0 aliphatic heterocycles. The number of fused-ring (bicyclic) bond motifs is 1. The summed E-state index contributed by atoms with van der Waals surface area (Å²) in [5.74, 6) is 2.63. The van der Waals surface area contributed by atoms with Crippen molar-refractivity contribution in [1.82, 2.24) is 19.1 Å². The van der Waals surface area contributed by atoms with Gasteiger partial charge in [-0.1, -0.05) is 13.8 Å². The average Bonchev–Trinajstić information content (AvgIpc) is 2.70. The highest BCUT2D eigenvalue weighted by molar-refractivity contribution is 7.99. The van der Waals surface area contributed by atoms with Gasteiger partial charge in [-0.3, -0.25) is 13.9 Å². The van der Waals surface area contributed by atoms with E-state index in [0.29, 0.717) is 34.4 Å². The van der Waals surface area contributed by atoms with E-state index in [9.17, 15) is 9.59 Å². The second-order valence-electron chi connectivity index (χ2n) is 7.25. The minimum atomic E-state index is -0.406. The molecule has 0 saturated heterocycles. The van der Waals surface area contributed by atoms with Crippen LogP contribution >= 0.6 is 11.8 Å². The molecule has 0 aliphatic rings. The van der Waals surface area contributed by atoms with Crippen LogP contribution in [0.1, 0.15) is 27.2 Å². The monoisotopic (exact) mass is 414 g/mol. The Morgan fingerprint density at radius 3 is 2.38 bits per heavy atom. The molecule has 0 bridgehead atoms. The Balaban J connectivity index is 2.19. The molecular formula is C21H26N4O3S. The van der Waals surface area contributed by atoms with Gasteiger partial charge < -0.3 is 4.74 Å². The molecule has 0 spiro atoms. The Morgan fingerprint density at radius 1 is 1.07 bits per heavy atom. The maximum absolute atomic E-state index is 12.8. The van der Waals surface area contributed by atoms with Crippen LogP contribution in [0.25, 0.3) is 22.4 Å². The van der Waals surface area contributed by atoms with Crippen LogP contribution in [0.4, 0.5) is 0 Å². The molecule has 2 heterocycles. The van der Waals surface area contributed by atoms with E-state index < -0.39 is 5.69 Å². The second kappa shape index (κ2) is 8.82. The van der Waals surface area contributed by atoms with Crippen molar-refractivity contribution in [2.45, 2.75) is 32.2 Å². The average molecular weight is 415 g/mol. The molecule has 0 N–H and O–H groups in total. The molecule has 29 heavy (non-hydrogen) atoms. The lowest BCUT2D eigenvalue weighted by atomic mass is 10.2. The fourth-order valence-electron chi connectivity index (χ4n) is 2.92. The predicted octanol–water partition coefficient (Wildman–Crippen LogP) is 3.23. The first-order valence-electron chi connectivity index (χ1n) is 9.67. The standard InChI is InChI=1S/C21H26N4O3S/c1-6-28-15-9-7-14(8-10-15)17-22-18-16(19(23-17)29-12-11-13(2)3)20(26)25(5)21(27)24(18)4/h7-10,13H,6,11-12H2,1-5H3. The summed E-state index contributed by atoms with van der Waals surface area (Å²) in [6, 6.07) is 7.49. The van der Waals surface area contributed by atoms with E-state index in [4.69, 9.17) is 9.72 Å². The van der Waals surface area contributed by atoms with Crippen molar-refractivity contribution in [1.29, 1.82) is 0 Å². The van der Waals surface area contributed by atoms with Crippen molar-refractivity contribution < 1.29 is 4.74 Å². The van der Waals surface area contributed by atoms with E-state index in [1.807, 2.05) is 31.2 Å². The van der Waals surface area contributed by atoms with Gasteiger partial charge in [-0.15, -0.1) is 11.8 Å². The lowest BCUT2D eigenvalue weighted by molar-refractivity contribution is 0.340. The zero-order chi connectivity index (χ0) is 21.1. The SMILES string of the molecule is CCOc1ccc(-c2nc(SCCC(C)C)c3c(=O)n(C)c(=O)n(C)c3n2)cc1. The number of aromatic nitrogens is 4. The zero-order valence-electron chi connectivity index (χ0n) is 17.4. The topological polar surface area (TPSA) is 79.0 Å². The molecular weight excluding hydrogens is 388 g/mol. The van der Waals surface area contributed by atoms with Crippen LogP contribution in [0.15, 0.2) is 38.9 Å². The van der Waals surface area contributed by atoms with Gasteiger partial charge in [0.05, 0.1) is 6.61 Å². The summed E-state index contributed by atoms with van der Waals surface area (Å²) in [7, 11) is 3.11. The maximum Gasteiger partial charge on any atom is 0.332 e. The zero-order valence-corrected chi connectivity index (χ0v) is 18.2. The molecule has 3 rings (SSSR count). The number of ether oxygens (including phenoxy) is 1. The number of hydrogen-bond acceptors (Lipinski definition) is 6. The smallest absolute Gasteiger partial charge is 0.332 e. The molecule has 1 aromatic carbocycles. The summed E-state index contributed by atoms with van der Waals surface area (Å²) < 4.78 is 8.01. The van der Waals surface area contributed by atoms with Crippen LogP contribution in [-0.4, -0.2) is 31.5 Å². The van der Waals surface area contributed by atoms with Gasteiger partial charge in [0.1, 0.15) is 16.2 Å². The highest BCUT2D eigenvalue weighted by Gasteiger charge is 2.18. The predicted molar refractivity (Wildman–Crippen MR) is 117 cm³/mol. The molecule has 2 aromatic heterocycles. The van der Waals surface area contributed by atoms with Gasteiger partial charge >= 0.3 is 5.69 Å². The second-order valence-corrected chi connectivity index (χ2v) is 8.33. The first kappa shape index (κ1) is 21.1. The molecule has 0 atom stereocenters. The van der Waals surface area contributed by atoms with E-state index in [1.54, 1.807) is 7.05 Å². The lowest BCUT2D eigenvalue weighted by Crippen LogP contribution is -2.37. The molecule has 0 unspecified atom stereocenters. The molecule has 7 nitrogen and oxygen atoms in total. The van der Waals surface area contributed by atoms with E-state index in [1.165, 1.54) is 23.4 Å². The van der Waals surface area contributed by atoms with Crippen molar-refractivity contribution in [2.75, 3.05) is 12.4 Å². The van der Waals surface area contributed by atoms with Crippen LogP contribution in [-0.2, 0) is 14.1 Å². The van der Waals surface area contributed by atoms with Gasteiger partial charge in [0.15, 0.2) is 11.5 Å². The Bertz CT molecular complexity index is 1130. The Hall–Kier alpha value is -2.61. The molecule has 154 valence electrons. The van der Waals surface area contributed by atoms with Crippen molar-refractivity contribution in [3.8, 4) is 17.1 Å². The van der Waals surface area contributed by atoms with Gasteiger partial charge in [-0.2, -0.15) is 0 Å². The number of rotatable bonds is 7. The van der Waals surface area contributed by atoms with Gasteiger partial charge in [0, 0.05) is 19.7 Å². The number of aryl methyl sites for hydroxylation is 1. The third-order valence-corrected chi connectivity index (χ3v) is 5.63. The molecule has 0 fully saturated rings. The van der Waals surface area contributed by atoms with Gasteiger partial charge in [-0.05, 0) is 49.3 Å². The number of nitrogens with zero attached hydrogens (tertiary/aromatic N) is 4. The van der Waals surface area contributed by atoms with Crippen LogP contribution in [0.2, 0.25) is 0 Å². The normalized spacial score (nSPS) is 11.4. The molecule has 0 saturated carbocycles. The number of hydrogen-bond donors (Lipinski definition) is 0. The lowest BCUT2D eigenvalue weighted by Gasteiger charge is -2.12. The molecule has 0 aliphatic carbocycles. The van der Waals surface area contributed by atoms with E-state index in [0.717, 1.165) is 28.1 Å². The Kier molecular flexibility index (Phi) is 6.42. The highest BCUT2D eigenvalue weighted by Crippen LogP contribution is 2.28. The first-order chi connectivity index (χ1) is 13.8. The first-order valence-corrected chi connectivity index (χ1v) is 10.7. The summed E-state index contributed by atoms with van der Waals surface area (Å²) in [5.41, 5.74) is 0.378. The van der Waals surface area contributed by atoms with Crippen LogP contribution in [0, 0.1) is 5.92 Å². The minimum Gasteiger partial charge on any atom is -0.494 e. The van der Waals surface area contributed by atoms with Crippen LogP contribution in [0.3, 0.4) is 0 Å². The summed E-state index contributed by atoms with van der Waals surface area (Å²) in [5, 5.41) is 0.994. The molecule has 3 aromatic rings. The van der Waals surface area contributed by atoms with E-state index in [-0.39, 0.29) is 5.56 Å². The fourth-order valence-corrected chi connectivity index (χ4v) is 4.18. The van der Waals surface area contributed by atoms with Crippen molar-refractivity contribution in [3.63, 3.8) is 0 Å². The quantitative estimate of drug-likeness (QED) is 0.436. The van der Waals surface area contributed by atoms with Gasteiger partial charge in [0.2, 0.25) is 0 Å². The summed E-state index contributed by atoms with van der Waals surface area (Å²) in [6.07, 6.45) is 1.00. The van der Waals surface area contributed by atoms with Crippen LogP contribution in [0.5, 0.6) is 5.75 Å². The van der Waals surface area contributed by atoms with Crippen molar-refractivity contribution in [3.05, 3.63) is 45.1 Å².